The Morgan fingerprint density at radius 2 is 2.05 bits per heavy atom. The van der Waals surface area contributed by atoms with Crippen molar-refractivity contribution in [2.45, 2.75) is 13.5 Å². The van der Waals surface area contributed by atoms with Crippen molar-refractivity contribution in [3.05, 3.63) is 48.0 Å². The highest BCUT2D eigenvalue weighted by Crippen LogP contribution is 2.36. The lowest BCUT2D eigenvalue weighted by Gasteiger charge is -2.09. The Morgan fingerprint density at radius 1 is 1.23 bits per heavy atom. The number of hydrogen-bond acceptors (Lipinski definition) is 3. The van der Waals surface area contributed by atoms with Gasteiger partial charge in [-0.05, 0) is 31.2 Å². The van der Waals surface area contributed by atoms with E-state index in [2.05, 4.69) is 10.6 Å². The fraction of sp³-hybridized carbons (Fsp3) is 0.167. The average molecular weight is 292 g/mol. The lowest BCUT2D eigenvalue weighted by atomic mass is 10.1. The van der Waals surface area contributed by atoms with Gasteiger partial charge in [0.2, 0.25) is 0 Å². The molecule has 3 aromatic rings. The van der Waals surface area contributed by atoms with Crippen molar-refractivity contribution in [2.75, 3.05) is 7.11 Å². The third-order valence-corrected chi connectivity index (χ3v) is 3.82. The van der Waals surface area contributed by atoms with E-state index in [-0.39, 0.29) is 5.75 Å². The summed E-state index contributed by atoms with van der Waals surface area (Å²) < 4.78 is 7.37. The molecule has 2 aromatic carbocycles. The molecule has 1 heterocycles. The van der Waals surface area contributed by atoms with Crippen molar-refractivity contribution >= 4 is 10.9 Å². The van der Waals surface area contributed by atoms with Gasteiger partial charge in [0.25, 0.3) is 0 Å². The summed E-state index contributed by atoms with van der Waals surface area (Å²) in [6, 6.07) is 15.0. The predicted molar refractivity (Wildman–Crippen MR) is 86.0 cm³/mol. The number of phenolic OH excluding ortho intramolecular Hbond substituents is 1. The van der Waals surface area contributed by atoms with Crippen LogP contribution in [-0.2, 0) is 6.54 Å². The molecule has 0 saturated carbocycles. The van der Waals surface area contributed by atoms with Crippen molar-refractivity contribution in [3.8, 4) is 28.8 Å². The van der Waals surface area contributed by atoms with E-state index in [0.717, 1.165) is 34.5 Å². The first-order valence-corrected chi connectivity index (χ1v) is 7.09. The second kappa shape index (κ2) is 5.45. The number of aromatic nitrogens is 1. The Kier molecular flexibility index (Phi) is 3.48. The molecule has 1 aromatic heterocycles. The van der Waals surface area contributed by atoms with E-state index >= 15 is 0 Å². The predicted octanol–water partition coefficient (Wildman–Crippen LogP) is 3.91. The molecule has 0 saturated heterocycles. The van der Waals surface area contributed by atoms with Gasteiger partial charge in [-0.15, -0.1) is 0 Å². The Hall–Kier alpha value is -2.93. The Balaban J connectivity index is 2.40. The monoisotopic (exact) mass is 292 g/mol. The van der Waals surface area contributed by atoms with Crippen LogP contribution in [0.2, 0.25) is 0 Å². The first kappa shape index (κ1) is 14.0. The van der Waals surface area contributed by atoms with Gasteiger partial charge < -0.3 is 14.4 Å². The molecule has 4 nitrogen and oxygen atoms in total. The van der Waals surface area contributed by atoms with Crippen LogP contribution in [0.15, 0.2) is 42.5 Å². The molecule has 110 valence electrons. The Bertz CT molecular complexity index is 888. The molecule has 1 N–H and O–H groups in total. The van der Waals surface area contributed by atoms with Gasteiger partial charge >= 0.3 is 0 Å². The molecule has 0 radical (unpaired) electrons. The van der Waals surface area contributed by atoms with Crippen LogP contribution in [-0.4, -0.2) is 16.8 Å². The fourth-order valence-electron chi connectivity index (χ4n) is 2.85. The SMILES string of the molecule is CCn1c(-c2cccc(O)c2)c(C#N)c2ccc(OC)cc21. The summed E-state index contributed by atoms with van der Waals surface area (Å²) in [5.74, 6) is 0.943. The van der Waals surface area contributed by atoms with E-state index in [4.69, 9.17) is 4.74 Å². The molecule has 0 aliphatic heterocycles. The standard InChI is InChI=1S/C18H16N2O2/c1-3-20-17-10-14(22-2)7-8-15(17)16(11-19)18(20)12-5-4-6-13(21)9-12/h4-10,21H,3H2,1-2H3. The van der Waals surface area contributed by atoms with E-state index in [1.807, 2.05) is 31.2 Å². The topological polar surface area (TPSA) is 58.2 Å². The fourth-order valence-corrected chi connectivity index (χ4v) is 2.85. The number of rotatable bonds is 3. The summed E-state index contributed by atoms with van der Waals surface area (Å²) in [7, 11) is 1.63. The largest absolute Gasteiger partial charge is 0.508 e. The third kappa shape index (κ3) is 2.08. The quantitative estimate of drug-likeness (QED) is 0.796. The molecular formula is C18H16N2O2. The molecule has 0 bridgehead atoms. The molecule has 0 amide bonds. The third-order valence-electron chi connectivity index (χ3n) is 3.82. The molecule has 0 aliphatic rings. The molecule has 0 fully saturated rings. The lowest BCUT2D eigenvalue weighted by Crippen LogP contribution is -1.97. The van der Waals surface area contributed by atoms with E-state index in [1.54, 1.807) is 25.3 Å². The molecule has 4 heteroatoms. The summed E-state index contributed by atoms with van der Waals surface area (Å²) in [6.07, 6.45) is 0. The maximum atomic E-state index is 9.75. The van der Waals surface area contributed by atoms with E-state index < -0.39 is 0 Å². The molecular weight excluding hydrogens is 276 g/mol. The number of nitrogens with zero attached hydrogens (tertiary/aromatic N) is 2. The number of aryl methyl sites for hydroxylation is 1. The first-order valence-electron chi connectivity index (χ1n) is 7.09. The normalized spacial score (nSPS) is 10.6. The zero-order chi connectivity index (χ0) is 15.7. The smallest absolute Gasteiger partial charge is 0.120 e. The number of nitriles is 1. The number of methoxy groups -OCH3 is 1. The number of fused-ring (bicyclic) bond motifs is 1. The molecule has 0 atom stereocenters. The van der Waals surface area contributed by atoms with Crippen LogP contribution in [0.4, 0.5) is 0 Å². The van der Waals surface area contributed by atoms with Gasteiger partial charge in [0.05, 0.1) is 23.9 Å². The number of benzene rings is 2. The number of hydrogen-bond donors (Lipinski definition) is 1. The Morgan fingerprint density at radius 3 is 2.68 bits per heavy atom. The van der Waals surface area contributed by atoms with Gasteiger partial charge in [-0.3, -0.25) is 0 Å². The van der Waals surface area contributed by atoms with E-state index in [1.165, 1.54) is 0 Å². The zero-order valence-corrected chi connectivity index (χ0v) is 12.5. The van der Waals surface area contributed by atoms with Crippen molar-refractivity contribution in [1.29, 1.82) is 5.26 Å². The van der Waals surface area contributed by atoms with Crippen LogP contribution in [0.5, 0.6) is 11.5 Å². The minimum atomic E-state index is 0.187. The van der Waals surface area contributed by atoms with Crippen LogP contribution < -0.4 is 4.74 Å². The van der Waals surface area contributed by atoms with Crippen molar-refractivity contribution < 1.29 is 9.84 Å². The molecule has 3 rings (SSSR count). The van der Waals surface area contributed by atoms with Crippen molar-refractivity contribution in [1.82, 2.24) is 4.57 Å². The molecule has 22 heavy (non-hydrogen) atoms. The van der Waals surface area contributed by atoms with Gasteiger partial charge in [-0.2, -0.15) is 5.26 Å². The second-order valence-electron chi connectivity index (χ2n) is 5.01. The second-order valence-corrected chi connectivity index (χ2v) is 5.01. The maximum Gasteiger partial charge on any atom is 0.120 e. The Labute approximate surface area is 128 Å². The average Bonchev–Trinajstić information content (AvgIpc) is 2.87. The highest BCUT2D eigenvalue weighted by atomic mass is 16.5. The summed E-state index contributed by atoms with van der Waals surface area (Å²) >= 11 is 0. The van der Waals surface area contributed by atoms with E-state index in [9.17, 15) is 10.4 Å². The highest BCUT2D eigenvalue weighted by Gasteiger charge is 2.18. The zero-order valence-electron chi connectivity index (χ0n) is 12.5. The summed E-state index contributed by atoms with van der Waals surface area (Å²) in [4.78, 5) is 0. The van der Waals surface area contributed by atoms with Gasteiger partial charge in [0.1, 0.15) is 17.6 Å². The molecule has 0 unspecified atom stereocenters. The molecule has 0 spiro atoms. The number of aromatic hydroxyl groups is 1. The number of phenols is 1. The minimum absolute atomic E-state index is 0.187. The van der Waals surface area contributed by atoms with Gasteiger partial charge in [-0.1, -0.05) is 12.1 Å². The number of ether oxygens (including phenoxy) is 1. The maximum absolute atomic E-state index is 9.75. The van der Waals surface area contributed by atoms with Crippen molar-refractivity contribution in [2.24, 2.45) is 0 Å². The first-order chi connectivity index (χ1) is 10.7. The van der Waals surface area contributed by atoms with Crippen molar-refractivity contribution in [3.63, 3.8) is 0 Å². The lowest BCUT2D eigenvalue weighted by molar-refractivity contribution is 0.415. The van der Waals surface area contributed by atoms with Crippen LogP contribution in [0, 0.1) is 11.3 Å². The van der Waals surface area contributed by atoms with Crippen LogP contribution in [0.3, 0.4) is 0 Å². The minimum Gasteiger partial charge on any atom is -0.508 e. The summed E-state index contributed by atoms with van der Waals surface area (Å²) in [5.41, 5.74) is 3.22. The van der Waals surface area contributed by atoms with Gasteiger partial charge in [0, 0.05) is 23.6 Å². The summed E-state index contributed by atoms with van der Waals surface area (Å²) in [6.45, 7) is 2.75. The van der Waals surface area contributed by atoms with Crippen LogP contribution >= 0.6 is 0 Å². The van der Waals surface area contributed by atoms with Crippen LogP contribution in [0.1, 0.15) is 12.5 Å². The molecule has 0 aliphatic carbocycles. The summed E-state index contributed by atoms with van der Waals surface area (Å²) in [5, 5.41) is 20.3. The van der Waals surface area contributed by atoms with Gasteiger partial charge in [0.15, 0.2) is 0 Å². The van der Waals surface area contributed by atoms with Gasteiger partial charge in [-0.25, -0.2) is 0 Å². The highest BCUT2D eigenvalue weighted by molar-refractivity contribution is 5.95. The van der Waals surface area contributed by atoms with Crippen LogP contribution in [0.25, 0.3) is 22.2 Å². The van der Waals surface area contributed by atoms with E-state index in [0.29, 0.717) is 5.56 Å².